The van der Waals surface area contributed by atoms with Crippen molar-refractivity contribution < 1.29 is 4.79 Å². The Bertz CT molecular complexity index is 953. The third-order valence-electron chi connectivity index (χ3n) is 4.55. The summed E-state index contributed by atoms with van der Waals surface area (Å²) in [6.45, 7) is 0. The highest BCUT2D eigenvalue weighted by Gasteiger charge is 2.42. The molecule has 132 valence electrons. The van der Waals surface area contributed by atoms with Gasteiger partial charge in [0.2, 0.25) is 5.91 Å². The lowest BCUT2D eigenvalue weighted by atomic mass is 10.1. The topological polar surface area (TPSA) is 73.8 Å². The molecule has 0 saturated heterocycles. The fourth-order valence-electron chi connectivity index (χ4n) is 3.03. The van der Waals surface area contributed by atoms with Gasteiger partial charge in [-0.3, -0.25) is 4.79 Å². The van der Waals surface area contributed by atoms with Crippen molar-refractivity contribution in [3.8, 4) is 11.3 Å². The van der Waals surface area contributed by atoms with Crippen molar-refractivity contribution in [2.24, 2.45) is 18.7 Å². The van der Waals surface area contributed by atoms with Crippen LogP contribution in [0, 0.1) is 5.92 Å². The fraction of sp³-hybridized carbons (Fsp3) is 0.211. The number of rotatable bonds is 5. The second-order valence-electron chi connectivity index (χ2n) is 6.40. The first kappa shape index (κ1) is 17.1. The normalized spacial score (nSPS) is 18.7. The van der Waals surface area contributed by atoms with Crippen molar-refractivity contribution in [2.45, 2.75) is 22.4 Å². The van der Waals surface area contributed by atoms with Crippen molar-refractivity contribution in [2.75, 3.05) is 0 Å². The van der Waals surface area contributed by atoms with E-state index in [9.17, 15) is 4.79 Å². The largest absolute Gasteiger partial charge is 0.369 e. The first-order valence-corrected chi connectivity index (χ1v) is 9.43. The molecule has 1 aromatic carbocycles. The maximum absolute atomic E-state index is 11.3. The number of aromatic nitrogens is 3. The molecule has 1 aliphatic carbocycles. The molecule has 1 aliphatic rings. The number of benzene rings is 1. The number of nitrogens with zero attached hydrogens (tertiary/aromatic N) is 3. The number of primary amides is 1. The fourth-order valence-corrected chi connectivity index (χ4v) is 4.03. The van der Waals surface area contributed by atoms with Gasteiger partial charge in [-0.05, 0) is 41.8 Å². The molecule has 1 amide bonds. The third kappa shape index (κ3) is 3.34. The number of carbonyl (C=O) groups excluding carboxylic acids is 1. The van der Waals surface area contributed by atoms with Crippen LogP contribution in [0.3, 0.4) is 0 Å². The van der Waals surface area contributed by atoms with E-state index in [1.54, 1.807) is 24.3 Å². The van der Waals surface area contributed by atoms with E-state index < -0.39 is 0 Å². The van der Waals surface area contributed by atoms with E-state index in [1.165, 1.54) is 0 Å². The molecule has 7 heteroatoms. The summed E-state index contributed by atoms with van der Waals surface area (Å²) in [6, 6.07) is 11.9. The first-order valence-electron chi connectivity index (χ1n) is 8.23. The van der Waals surface area contributed by atoms with Gasteiger partial charge in [0.25, 0.3) is 0 Å². The Labute approximate surface area is 160 Å². The van der Waals surface area contributed by atoms with E-state index in [4.69, 9.17) is 17.3 Å². The summed E-state index contributed by atoms with van der Waals surface area (Å²) in [5.41, 5.74) is 8.47. The Morgan fingerprint density at radius 1 is 1.23 bits per heavy atom. The highest BCUT2D eigenvalue weighted by molar-refractivity contribution is 7.99. The predicted molar refractivity (Wildman–Crippen MR) is 102 cm³/mol. The summed E-state index contributed by atoms with van der Waals surface area (Å²) >= 11 is 7.46. The Balaban J connectivity index is 1.58. The number of amides is 1. The van der Waals surface area contributed by atoms with Crippen LogP contribution in [-0.4, -0.2) is 20.4 Å². The number of hydrogen-bond donors (Lipinski definition) is 1. The molecule has 4 rings (SSSR count). The highest BCUT2D eigenvalue weighted by atomic mass is 35.5. The van der Waals surface area contributed by atoms with Crippen LogP contribution in [0.25, 0.3) is 11.3 Å². The zero-order valence-electron chi connectivity index (χ0n) is 14.1. The first-order chi connectivity index (χ1) is 12.5. The lowest BCUT2D eigenvalue weighted by Gasteiger charge is -2.07. The number of imidazole rings is 1. The zero-order chi connectivity index (χ0) is 18.3. The number of nitrogens with two attached hydrogens (primary N) is 1. The number of aryl methyl sites for hydroxylation is 1. The number of halogens is 1. The van der Waals surface area contributed by atoms with E-state index in [2.05, 4.69) is 22.1 Å². The van der Waals surface area contributed by atoms with Crippen LogP contribution in [0.5, 0.6) is 0 Å². The second kappa shape index (κ2) is 6.78. The van der Waals surface area contributed by atoms with Crippen molar-refractivity contribution in [3.05, 3.63) is 59.5 Å². The Morgan fingerprint density at radius 2 is 2.00 bits per heavy atom. The summed E-state index contributed by atoms with van der Waals surface area (Å²) < 4.78 is 1.98. The van der Waals surface area contributed by atoms with Gasteiger partial charge in [0.15, 0.2) is 0 Å². The van der Waals surface area contributed by atoms with Gasteiger partial charge in [-0.25, -0.2) is 9.97 Å². The standard InChI is InChI=1S/C19H17ClN4OS/c1-24-10-23-17(19(24)26-16-7-6-13(20)9-22-16)12-4-2-11(3-5-12)14-8-15(14)18(21)25/h2-7,9-10,14-15H,8H2,1H3,(H2,21,25). The van der Waals surface area contributed by atoms with Crippen LogP contribution in [0.2, 0.25) is 5.02 Å². The smallest absolute Gasteiger partial charge is 0.221 e. The Hall–Kier alpha value is -2.31. The van der Waals surface area contributed by atoms with E-state index in [0.717, 1.165) is 33.3 Å². The lowest BCUT2D eigenvalue weighted by molar-refractivity contribution is -0.119. The van der Waals surface area contributed by atoms with Gasteiger partial charge in [0.05, 0.1) is 11.3 Å². The number of hydrogen-bond acceptors (Lipinski definition) is 4. The molecule has 2 aromatic heterocycles. The van der Waals surface area contributed by atoms with Crippen LogP contribution >= 0.6 is 23.4 Å². The molecule has 0 radical (unpaired) electrons. The zero-order valence-corrected chi connectivity index (χ0v) is 15.7. The monoisotopic (exact) mass is 384 g/mol. The van der Waals surface area contributed by atoms with Gasteiger partial charge in [-0.15, -0.1) is 0 Å². The average Bonchev–Trinajstić information content (AvgIpc) is 3.37. The molecule has 0 bridgehead atoms. The van der Waals surface area contributed by atoms with E-state index >= 15 is 0 Å². The summed E-state index contributed by atoms with van der Waals surface area (Å²) in [6.07, 6.45) is 4.28. The van der Waals surface area contributed by atoms with Crippen molar-refractivity contribution in [1.82, 2.24) is 14.5 Å². The molecular weight excluding hydrogens is 368 g/mol. The van der Waals surface area contributed by atoms with E-state index in [-0.39, 0.29) is 17.7 Å². The van der Waals surface area contributed by atoms with Gasteiger partial charge in [0.1, 0.15) is 15.7 Å². The maximum Gasteiger partial charge on any atom is 0.221 e. The van der Waals surface area contributed by atoms with Gasteiger partial charge < -0.3 is 10.3 Å². The Kier molecular flexibility index (Phi) is 4.46. The minimum Gasteiger partial charge on any atom is -0.369 e. The molecule has 0 aliphatic heterocycles. The van der Waals surface area contributed by atoms with Crippen LogP contribution in [0.15, 0.2) is 59.0 Å². The molecule has 3 aromatic rings. The van der Waals surface area contributed by atoms with E-state index in [0.29, 0.717) is 5.02 Å². The molecule has 2 unspecified atom stereocenters. The predicted octanol–water partition coefficient (Wildman–Crippen LogP) is 3.88. The molecule has 1 saturated carbocycles. The van der Waals surface area contributed by atoms with Crippen LogP contribution in [0.4, 0.5) is 0 Å². The minimum absolute atomic E-state index is 0.0159. The van der Waals surface area contributed by atoms with Crippen molar-refractivity contribution in [3.63, 3.8) is 0 Å². The third-order valence-corrected chi connectivity index (χ3v) is 5.90. The summed E-state index contributed by atoms with van der Waals surface area (Å²) in [7, 11) is 1.96. The summed E-state index contributed by atoms with van der Waals surface area (Å²) in [5.74, 6) is 0.0353. The van der Waals surface area contributed by atoms with E-state index in [1.807, 2.05) is 35.9 Å². The number of pyridine rings is 1. The Morgan fingerprint density at radius 3 is 2.62 bits per heavy atom. The van der Waals surface area contributed by atoms with Crippen LogP contribution in [0.1, 0.15) is 17.9 Å². The minimum atomic E-state index is -0.210. The molecule has 1 fully saturated rings. The van der Waals surface area contributed by atoms with Gasteiger partial charge in [-0.1, -0.05) is 35.9 Å². The van der Waals surface area contributed by atoms with Gasteiger partial charge >= 0.3 is 0 Å². The molecule has 5 nitrogen and oxygen atoms in total. The lowest BCUT2D eigenvalue weighted by Crippen LogP contribution is -2.13. The van der Waals surface area contributed by atoms with Crippen LogP contribution < -0.4 is 5.73 Å². The molecule has 2 N–H and O–H groups in total. The highest BCUT2D eigenvalue weighted by Crippen LogP contribution is 2.47. The maximum atomic E-state index is 11.3. The SMILES string of the molecule is Cn1cnc(-c2ccc(C3CC3C(N)=O)cc2)c1Sc1ccc(Cl)cn1. The molecular formula is C19H17ClN4OS. The molecule has 26 heavy (non-hydrogen) atoms. The van der Waals surface area contributed by atoms with Crippen LogP contribution in [-0.2, 0) is 11.8 Å². The second-order valence-corrected chi connectivity index (χ2v) is 7.84. The van der Waals surface area contributed by atoms with Gasteiger partial charge in [0, 0.05) is 24.7 Å². The quantitative estimate of drug-likeness (QED) is 0.724. The molecule has 2 atom stereocenters. The number of carbonyl (C=O) groups is 1. The van der Waals surface area contributed by atoms with Crippen molar-refractivity contribution in [1.29, 1.82) is 0 Å². The summed E-state index contributed by atoms with van der Waals surface area (Å²) in [4.78, 5) is 20.2. The van der Waals surface area contributed by atoms with Crippen molar-refractivity contribution >= 4 is 29.3 Å². The van der Waals surface area contributed by atoms with Gasteiger partial charge in [-0.2, -0.15) is 0 Å². The summed E-state index contributed by atoms with van der Waals surface area (Å²) in [5, 5.41) is 2.48. The molecule has 0 spiro atoms. The average molecular weight is 385 g/mol. The molecule has 2 heterocycles.